The Balaban J connectivity index is 1.10. The molecule has 3 saturated heterocycles. The Morgan fingerprint density at radius 3 is 2.23 bits per heavy atom. The third-order valence-electron chi connectivity index (χ3n) is 16.4. The molecule has 5 aliphatic carbocycles. The van der Waals surface area contributed by atoms with E-state index in [-0.39, 0.29) is 74.5 Å². The predicted octanol–water partition coefficient (Wildman–Crippen LogP) is 3.90. The highest BCUT2D eigenvalue weighted by Crippen LogP contribution is 2.83. The van der Waals surface area contributed by atoms with Gasteiger partial charge in [0.25, 0.3) is 0 Å². The zero-order chi connectivity index (χ0) is 33.9. The number of rotatable bonds is 3. The smallest absolute Gasteiger partial charge is 0.337 e. The maximum absolute atomic E-state index is 14.0. The first-order valence-electron chi connectivity index (χ1n) is 18.2. The Morgan fingerprint density at radius 1 is 0.830 bits per heavy atom. The number of aliphatic hydroxyl groups is 3. The van der Waals surface area contributed by atoms with Crippen LogP contribution in [-0.4, -0.2) is 89.0 Å². The zero-order valence-electron chi connectivity index (χ0n) is 29.4. The summed E-state index contributed by atoms with van der Waals surface area (Å²) >= 11 is 0. The lowest BCUT2D eigenvalue weighted by Crippen LogP contribution is -2.75. The SMILES string of the molecule is COC(=O)[C@H]1O[C@@H](O[C@H]2CC[C@]3(C)[C@H]4[C@@H]5O[C@@H]5[C@]56OC(=O)[C@@]7(CCC(C)(C)C[C@H]75)CC[C@@]6(C)[C@]4(C)CC[C@H]3C2(C)C)[C@H](O)[C@@H](O)[C@@H]1O. The van der Waals surface area contributed by atoms with Crippen LogP contribution in [0.3, 0.4) is 0 Å². The van der Waals surface area contributed by atoms with Crippen molar-refractivity contribution in [1.82, 2.24) is 0 Å². The molecule has 8 rings (SSSR count). The van der Waals surface area contributed by atoms with Crippen LogP contribution in [0.4, 0.5) is 0 Å². The van der Waals surface area contributed by atoms with Gasteiger partial charge in [-0.3, -0.25) is 4.79 Å². The summed E-state index contributed by atoms with van der Waals surface area (Å²) in [6.07, 6.45) is 0.600. The van der Waals surface area contributed by atoms with Crippen LogP contribution in [0, 0.1) is 50.2 Å². The van der Waals surface area contributed by atoms with Crippen molar-refractivity contribution in [3.63, 3.8) is 0 Å². The van der Waals surface area contributed by atoms with Gasteiger partial charge in [-0.25, -0.2) is 4.79 Å². The van der Waals surface area contributed by atoms with E-state index in [1.807, 2.05) is 0 Å². The van der Waals surface area contributed by atoms with Crippen LogP contribution in [-0.2, 0) is 33.3 Å². The van der Waals surface area contributed by atoms with E-state index in [0.717, 1.165) is 51.4 Å². The van der Waals surface area contributed by atoms with Crippen molar-refractivity contribution < 1.29 is 48.6 Å². The Bertz CT molecular complexity index is 1360. The van der Waals surface area contributed by atoms with Crippen LogP contribution in [0.25, 0.3) is 0 Å². The Hall–Kier alpha value is -1.30. The number of ether oxygens (including phenoxy) is 5. The molecule has 0 aromatic heterocycles. The second kappa shape index (κ2) is 9.72. The molecular weight excluding hydrogens is 604 g/mol. The minimum atomic E-state index is -1.62. The van der Waals surface area contributed by atoms with Crippen molar-refractivity contribution in [3.05, 3.63) is 0 Å². The summed E-state index contributed by atoms with van der Waals surface area (Å²) in [5, 5.41) is 31.8. The normalized spacial score (nSPS) is 58.1. The summed E-state index contributed by atoms with van der Waals surface area (Å²) in [5.41, 5.74) is -1.48. The first-order valence-corrected chi connectivity index (χ1v) is 18.2. The van der Waals surface area contributed by atoms with Gasteiger partial charge in [-0.15, -0.1) is 0 Å². The van der Waals surface area contributed by atoms with E-state index in [1.54, 1.807) is 0 Å². The van der Waals surface area contributed by atoms with Gasteiger partial charge >= 0.3 is 11.9 Å². The monoisotopic (exact) mass is 660 g/mol. The van der Waals surface area contributed by atoms with Crippen LogP contribution in [0.2, 0.25) is 0 Å². The number of epoxide rings is 1. The molecule has 0 amide bonds. The molecule has 0 radical (unpaired) electrons. The molecule has 8 fully saturated rings. The fraction of sp³-hybridized carbons (Fsp3) is 0.946. The maximum atomic E-state index is 14.0. The molecule has 3 heterocycles. The quantitative estimate of drug-likeness (QED) is 0.232. The molecule has 8 aliphatic rings. The lowest BCUT2D eigenvalue weighted by atomic mass is 9.31. The predicted molar refractivity (Wildman–Crippen MR) is 167 cm³/mol. The summed E-state index contributed by atoms with van der Waals surface area (Å²) in [5.74, 6) is -0.0460. The topological polar surface area (TPSA) is 144 Å². The summed E-state index contributed by atoms with van der Waals surface area (Å²) in [6, 6.07) is 0. The number of methoxy groups -OCH3 is 1. The van der Waals surface area contributed by atoms with Crippen LogP contribution in [0.15, 0.2) is 0 Å². The molecule has 10 nitrogen and oxygen atoms in total. The number of hydrogen-bond donors (Lipinski definition) is 3. The molecule has 2 bridgehead atoms. The largest absolute Gasteiger partial charge is 0.467 e. The van der Waals surface area contributed by atoms with Crippen molar-refractivity contribution in [1.29, 1.82) is 0 Å². The summed E-state index contributed by atoms with van der Waals surface area (Å²) in [6.45, 7) is 16.6. The number of carbonyl (C=O) groups is 2. The van der Waals surface area contributed by atoms with Gasteiger partial charge in [-0.05, 0) is 91.3 Å². The first kappa shape index (κ1) is 32.9. The average Bonchev–Trinajstić information content (AvgIpc) is 3.76. The second-order valence-electron chi connectivity index (χ2n) is 19.0. The number of esters is 2. The van der Waals surface area contributed by atoms with Gasteiger partial charge in [-0.2, -0.15) is 0 Å². The summed E-state index contributed by atoms with van der Waals surface area (Å²) in [4.78, 5) is 26.3. The van der Waals surface area contributed by atoms with Gasteiger partial charge in [0.05, 0.1) is 24.7 Å². The van der Waals surface area contributed by atoms with Gasteiger partial charge in [0, 0.05) is 11.3 Å². The van der Waals surface area contributed by atoms with Crippen molar-refractivity contribution in [2.45, 2.75) is 161 Å². The molecule has 264 valence electrons. The van der Waals surface area contributed by atoms with Crippen molar-refractivity contribution in [3.8, 4) is 0 Å². The van der Waals surface area contributed by atoms with Gasteiger partial charge in [-0.1, -0.05) is 48.5 Å². The number of carbonyl (C=O) groups excluding carboxylic acids is 2. The van der Waals surface area contributed by atoms with Crippen molar-refractivity contribution in [2.24, 2.45) is 50.2 Å². The highest BCUT2D eigenvalue weighted by Gasteiger charge is 2.89. The van der Waals surface area contributed by atoms with Gasteiger partial charge < -0.3 is 39.0 Å². The van der Waals surface area contributed by atoms with Crippen molar-refractivity contribution >= 4 is 11.9 Å². The molecule has 3 aliphatic heterocycles. The highest BCUT2D eigenvalue weighted by atomic mass is 16.7. The molecule has 1 spiro atoms. The van der Waals surface area contributed by atoms with Gasteiger partial charge in [0.2, 0.25) is 0 Å². The van der Waals surface area contributed by atoms with E-state index in [9.17, 15) is 24.9 Å². The molecule has 5 saturated carbocycles. The Labute approximate surface area is 278 Å². The Morgan fingerprint density at radius 2 is 1.53 bits per heavy atom. The van der Waals surface area contributed by atoms with E-state index in [2.05, 4.69) is 48.5 Å². The number of aliphatic hydroxyl groups excluding tert-OH is 3. The van der Waals surface area contributed by atoms with E-state index >= 15 is 0 Å². The molecule has 3 N–H and O–H groups in total. The fourth-order valence-corrected chi connectivity index (χ4v) is 13.8. The lowest BCUT2D eigenvalue weighted by molar-refractivity contribution is -0.327. The second-order valence-corrected chi connectivity index (χ2v) is 19.0. The molecule has 0 aromatic carbocycles. The van der Waals surface area contributed by atoms with E-state index < -0.39 is 42.3 Å². The average molecular weight is 661 g/mol. The molecule has 16 atom stereocenters. The van der Waals surface area contributed by atoms with E-state index in [0.29, 0.717) is 6.42 Å². The van der Waals surface area contributed by atoms with Gasteiger partial charge in [0.15, 0.2) is 18.0 Å². The molecular formula is C37H56O10. The van der Waals surface area contributed by atoms with E-state index in [1.165, 1.54) is 7.11 Å². The third kappa shape index (κ3) is 3.79. The molecule has 47 heavy (non-hydrogen) atoms. The minimum absolute atomic E-state index is 0.0379. The summed E-state index contributed by atoms with van der Waals surface area (Å²) in [7, 11) is 1.19. The Kier molecular flexibility index (Phi) is 6.80. The molecule has 0 unspecified atom stereocenters. The standard InChI is InChI=1S/C37H56O10/c1-31(2)13-15-36-16-14-35(7)34(6)12-9-18-32(3,4)20(44-29-23(40)21(38)22(39)24(46-29)28(41)43-8)10-11-33(18,5)26(34)25-27(45-25)37(35,19(36)17-31)47-30(36)42/h18-27,29,38-40H,9-17H2,1-8H3/t18-,19+,20-,21-,22-,23+,24-,25-,26+,27-,29+,33-,34+,35-,36-,37+/m0/s1. The first-order chi connectivity index (χ1) is 21.8. The van der Waals surface area contributed by atoms with Crippen molar-refractivity contribution in [2.75, 3.05) is 7.11 Å². The van der Waals surface area contributed by atoms with Crippen LogP contribution in [0.1, 0.15) is 106 Å². The molecule has 10 heteroatoms. The number of fused-ring (bicyclic) bond motifs is 6. The number of hydrogen-bond acceptors (Lipinski definition) is 10. The van der Waals surface area contributed by atoms with Crippen LogP contribution in [0.5, 0.6) is 0 Å². The van der Waals surface area contributed by atoms with E-state index in [4.69, 9.17) is 23.7 Å². The molecule has 0 aromatic rings. The highest BCUT2D eigenvalue weighted by molar-refractivity contribution is 5.82. The maximum Gasteiger partial charge on any atom is 0.337 e. The minimum Gasteiger partial charge on any atom is -0.467 e. The third-order valence-corrected chi connectivity index (χ3v) is 16.4. The van der Waals surface area contributed by atoms with Crippen LogP contribution >= 0.6 is 0 Å². The lowest BCUT2D eigenvalue weighted by Gasteiger charge is -2.72. The van der Waals surface area contributed by atoms with Gasteiger partial charge in [0.1, 0.15) is 24.4 Å². The van der Waals surface area contributed by atoms with Crippen LogP contribution < -0.4 is 0 Å². The summed E-state index contributed by atoms with van der Waals surface area (Å²) < 4.78 is 30.8. The zero-order valence-corrected chi connectivity index (χ0v) is 29.4. The fourth-order valence-electron chi connectivity index (χ4n) is 13.8.